The van der Waals surface area contributed by atoms with Crippen molar-refractivity contribution in [1.29, 1.82) is 0 Å². The Labute approximate surface area is 380 Å². The monoisotopic (exact) mass is 859 g/mol. The van der Waals surface area contributed by atoms with E-state index >= 15 is 0 Å². The minimum absolute atomic E-state index is 0.121. The van der Waals surface area contributed by atoms with Crippen molar-refractivity contribution in [2.75, 3.05) is 13.2 Å². The van der Waals surface area contributed by atoms with Gasteiger partial charge in [-0.2, -0.15) is 0 Å². The number of carbonyl (C=O) groups excluding carboxylic acids is 3. The SMILES string of the molecule is CC\C=C/C=C\C=C/C=C\C=C/CCCC(=O)OCC(COC(=O)CCCCC/C=C\C=C/CCCCCCCCC)OC(=O)CCCCCCCC/C=C\C=C/CCCCC. The van der Waals surface area contributed by atoms with Gasteiger partial charge in [-0.25, -0.2) is 0 Å². The van der Waals surface area contributed by atoms with Gasteiger partial charge in [0.2, 0.25) is 0 Å². The fourth-order valence-corrected chi connectivity index (χ4v) is 6.39. The van der Waals surface area contributed by atoms with E-state index < -0.39 is 6.10 Å². The maximum absolute atomic E-state index is 12.8. The van der Waals surface area contributed by atoms with Gasteiger partial charge in [0.15, 0.2) is 6.10 Å². The maximum Gasteiger partial charge on any atom is 0.306 e. The lowest BCUT2D eigenvalue weighted by atomic mass is 10.1. The fraction of sp³-hybridized carbons (Fsp3) is 0.625. The van der Waals surface area contributed by atoms with Gasteiger partial charge in [-0.05, 0) is 83.5 Å². The molecule has 0 aliphatic rings. The summed E-state index contributed by atoms with van der Waals surface area (Å²) in [7, 11) is 0. The van der Waals surface area contributed by atoms with Crippen LogP contribution >= 0.6 is 0 Å². The van der Waals surface area contributed by atoms with Gasteiger partial charge in [0.1, 0.15) is 13.2 Å². The average Bonchev–Trinajstić information content (AvgIpc) is 3.27. The highest BCUT2D eigenvalue weighted by atomic mass is 16.6. The molecule has 0 amide bonds. The summed E-state index contributed by atoms with van der Waals surface area (Å²) in [4.78, 5) is 37.9. The average molecular weight is 859 g/mol. The Kier molecular flexibility index (Phi) is 46.6. The van der Waals surface area contributed by atoms with E-state index in [0.29, 0.717) is 19.3 Å². The lowest BCUT2D eigenvalue weighted by Crippen LogP contribution is -2.30. The van der Waals surface area contributed by atoms with E-state index in [1.54, 1.807) is 0 Å². The molecule has 0 aliphatic heterocycles. The minimum Gasteiger partial charge on any atom is -0.462 e. The molecular formula is C56H90O6. The summed E-state index contributed by atoms with van der Waals surface area (Å²) < 4.78 is 16.7. The van der Waals surface area contributed by atoms with Crippen LogP contribution in [0.5, 0.6) is 0 Å². The molecule has 0 N–H and O–H groups in total. The second-order valence-corrected chi connectivity index (χ2v) is 16.2. The molecule has 0 saturated carbocycles. The lowest BCUT2D eigenvalue weighted by molar-refractivity contribution is -0.167. The second kappa shape index (κ2) is 49.7. The molecule has 0 heterocycles. The van der Waals surface area contributed by atoms with Gasteiger partial charge in [0.05, 0.1) is 0 Å². The smallest absolute Gasteiger partial charge is 0.306 e. The zero-order valence-electron chi connectivity index (χ0n) is 39.8. The van der Waals surface area contributed by atoms with Crippen LogP contribution in [-0.2, 0) is 28.6 Å². The normalized spacial score (nSPS) is 13.0. The van der Waals surface area contributed by atoms with Crippen molar-refractivity contribution >= 4 is 17.9 Å². The van der Waals surface area contributed by atoms with Gasteiger partial charge in [-0.15, -0.1) is 0 Å². The molecule has 0 aromatic carbocycles. The van der Waals surface area contributed by atoms with Crippen LogP contribution < -0.4 is 0 Å². The predicted octanol–water partition coefficient (Wildman–Crippen LogP) is 16.4. The summed E-state index contributed by atoms with van der Waals surface area (Å²) in [5, 5.41) is 0. The molecular weight excluding hydrogens is 769 g/mol. The molecule has 0 aromatic heterocycles. The quantitative estimate of drug-likeness (QED) is 0.0263. The van der Waals surface area contributed by atoms with E-state index in [-0.39, 0.29) is 37.5 Å². The van der Waals surface area contributed by atoms with E-state index in [1.807, 2.05) is 54.7 Å². The van der Waals surface area contributed by atoms with Crippen LogP contribution in [0.25, 0.3) is 0 Å². The summed E-state index contributed by atoms with van der Waals surface area (Å²) in [5.74, 6) is -1.04. The Morgan fingerprint density at radius 2 is 0.645 bits per heavy atom. The van der Waals surface area contributed by atoms with E-state index in [2.05, 4.69) is 75.5 Å². The molecule has 1 unspecified atom stereocenters. The first-order chi connectivity index (χ1) is 30.5. The van der Waals surface area contributed by atoms with Gasteiger partial charge in [-0.1, -0.05) is 214 Å². The van der Waals surface area contributed by atoms with E-state index in [9.17, 15) is 14.4 Å². The number of hydrogen-bond acceptors (Lipinski definition) is 6. The summed E-state index contributed by atoms with van der Waals surface area (Å²) in [6.07, 6.45) is 66.5. The van der Waals surface area contributed by atoms with Crippen LogP contribution in [0, 0.1) is 0 Å². The molecule has 0 radical (unpaired) electrons. The standard InChI is InChI=1S/C56H90O6/c1-4-7-10-13-16-19-22-25-27-29-31-34-37-40-43-46-49-55(58)61-52-53(51-60-54(57)48-45-42-39-36-33-30-24-21-18-15-12-9-6-3)62-56(59)50-47-44-41-38-35-32-28-26-23-20-17-14-11-8-5-2/h9,12,15,17-18,20-21,23-24,26-27,29-31,33-34,36,39,53H,4-8,10-11,13-14,16,19,22,25,28,32,35,37-38,40-52H2,1-3H3/b12-9-,18-15-,20-17-,24-21-,26-23-,29-27-,33-30-,34-31-,39-36-. The van der Waals surface area contributed by atoms with E-state index in [0.717, 1.165) is 83.5 Å². The van der Waals surface area contributed by atoms with Gasteiger partial charge >= 0.3 is 17.9 Å². The lowest BCUT2D eigenvalue weighted by Gasteiger charge is -2.18. The maximum atomic E-state index is 12.8. The van der Waals surface area contributed by atoms with Crippen LogP contribution in [-0.4, -0.2) is 37.2 Å². The van der Waals surface area contributed by atoms with Crippen LogP contribution in [0.3, 0.4) is 0 Å². The number of unbranched alkanes of at least 4 members (excludes halogenated alkanes) is 20. The third-order valence-electron chi connectivity index (χ3n) is 10.2. The molecule has 6 nitrogen and oxygen atoms in total. The van der Waals surface area contributed by atoms with Gasteiger partial charge in [0, 0.05) is 19.3 Å². The first kappa shape index (κ1) is 58.1. The summed E-state index contributed by atoms with van der Waals surface area (Å²) in [6.45, 7) is 6.34. The topological polar surface area (TPSA) is 78.9 Å². The second-order valence-electron chi connectivity index (χ2n) is 16.2. The highest BCUT2D eigenvalue weighted by Gasteiger charge is 2.19. The van der Waals surface area contributed by atoms with Gasteiger partial charge in [0.25, 0.3) is 0 Å². The van der Waals surface area contributed by atoms with Crippen molar-refractivity contribution in [3.63, 3.8) is 0 Å². The number of esters is 3. The minimum atomic E-state index is -0.825. The molecule has 0 bridgehead atoms. The van der Waals surface area contributed by atoms with E-state index in [4.69, 9.17) is 14.2 Å². The summed E-state index contributed by atoms with van der Waals surface area (Å²) in [5.41, 5.74) is 0. The zero-order chi connectivity index (χ0) is 45.1. The number of ether oxygens (including phenoxy) is 3. The number of hydrogen-bond donors (Lipinski definition) is 0. The largest absolute Gasteiger partial charge is 0.462 e. The predicted molar refractivity (Wildman–Crippen MR) is 265 cm³/mol. The van der Waals surface area contributed by atoms with Crippen molar-refractivity contribution in [3.8, 4) is 0 Å². The van der Waals surface area contributed by atoms with Crippen LogP contribution in [0.2, 0.25) is 0 Å². The Morgan fingerprint density at radius 3 is 1.11 bits per heavy atom. The molecule has 350 valence electrons. The van der Waals surface area contributed by atoms with E-state index in [1.165, 1.54) is 77.0 Å². The van der Waals surface area contributed by atoms with Gasteiger partial charge < -0.3 is 14.2 Å². The summed E-state index contributed by atoms with van der Waals surface area (Å²) >= 11 is 0. The Hall–Kier alpha value is -3.93. The Balaban J connectivity index is 4.56. The van der Waals surface area contributed by atoms with Crippen molar-refractivity contribution in [3.05, 3.63) is 109 Å². The molecule has 0 rings (SSSR count). The first-order valence-corrected chi connectivity index (χ1v) is 25.0. The highest BCUT2D eigenvalue weighted by Crippen LogP contribution is 2.12. The third-order valence-corrected chi connectivity index (χ3v) is 10.2. The molecule has 0 fully saturated rings. The Bertz CT molecular complexity index is 1310. The van der Waals surface area contributed by atoms with Crippen LogP contribution in [0.15, 0.2) is 109 Å². The highest BCUT2D eigenvalue weighted by molar-refractivity contribution is 5.71. The van der Waals surface area contributed by atoms with Crippen LogP contribution in [0.1, 0.15) is 207 Å². The van der Waals surface area contributed by atoms with Crippen molar-refractivity contribution in [2.24, 2.45) is 0 Å². The van der Waals surface area contributed by atoms with Crippen molar-refractivity contribution in [2.45, 2.75) is 213 Å². The summed E-state index contributed by atoms with van der Waals surface area (Å²) in [6, 6.07) is 0. The number of allylic oxidation sites excluding steroid dienone is 18. The molecule has 1 atom stereocenters. The third kappa shape index (κ3) is 47.1. The zero-order valence-corrected chi connectivity index (χ0v) is 39.8. The fourth-order valence-electron chi connectivity index (χ4n) is 6.39. The van der Waals surface area contributed by atoms with Crippen molar-refractivity contribution in [1.82, 2.24) is 0 Å². The molecule has 0 spiro atoms. The van der Waals surface area contributed by atoms with Crippen molar-refractivity contribution < 1.29 is 28.6 Å². The molecule has 0 aliphatic carbocycles. The molecule has 0 aromatic rings. The molecule has 62 heavy (non-hydrogen) atoms. The first-order valence-electron chi connectivity index (χ1n) is 25.0. The number of carbonyl (C=O) groups is 3. The van der Waals surface area contributed by atoms with Gasteiger partial charge in [-0.3, -0.25) is 14.4 Å². The Morgan fingerprint density at radius 1 is 0.339 bits per heavy atom. The number of rotatable bonds is 43. The molecule has 0 saturated heterocycles. The molecule has 6 heteroatoms. The van der Waals surface area contributed by atoms with Crippen LogP contribution in [0.4, 0.5) is 0 Å².